The molecule has 0 bridgehead atoms. The van der Waals surface area contributed by atoms with Crippen LogP contribution in [0.15, 0.2) is 23.2 Å². The second-order valence-corrected chi connectivity index (χ2v) is 7.61. The second-order valence-electron chi connectivity index (χ2n) is 5.63. The van der Waals surface area contributed by atoms with Gasteiger partial charge >= 0.3 is 0 Å². The molecule has 0 spiro atoms. The molecule has 0 atom stereocenters. The molecule has 1 saturated carbocycles. The average Bonchev–Trinajstić information content (AvgIpc) is 2.37. The number of anilines is 1. The minimum atomic E-state index is -3.22. The van der Waals surface area contributed by atoms with E-state index in [0.29, 0.717) is 16.6 Å². The molecule has 0 radical (unpaired) electrons. The number of nitrogens with one attached hydrogen (secondary N) is 1. The van der Waals surface area contributed by atoms with Crippen LogP contribution in [0.4, 0.5) is 5.82 Å². The first-order valence-corrected chi connectivity index (χ1v) is 8.75. The maximum atomic E-state index is 11.7. The highest BCUT2D eigenvalue weighted by atomic mass is 32.2. The van der Waals surface area contributed by atoms with Gasteiger partial charge in [0.15, 0.2) is 9.84 Å². The molecule has 1 N–H and O–H groups in total. The van der Waals surface area contributed by atoms with E-state index in [0.717, 1.165) is 12.5 Å². The van der Waals surface area contributed by atoms with Gasteiger partial charge in [-0.05, 0) is 36.8 Å². The number of aromatic nitrogens is 1. The van der Waals surface area contributed by atoms with Gasteiger partial charge in [0, 0.05) is 19.0 Å². The van der Waals surface area contributed by atoms with Gasteiger partial charge in [-0.15, -0.1) is 0 Å². The van der Waals surface area contributed by atoms with Crippen molar-refractivity contribution in [1.29, 1.82) is 0 Å². The quantitative estimate of drug-likeness (QED) is 0.922. The van der Waals surface area contributed by atoms with E-state index in [9.17, 15) is 8.42 Å². The van der Waals surface area contributed by atoms with E-state index in [1.807, 2.05) is 0 Å². The largest absolute Gasteiger partial charge is 0.369 e. The third-order valence-electron chi connectivity index (χ3n) is 3.86. The Morgan fingerprint density at radius 2 is 2.00 bits per heavy atom. The summed E-state index contributed by atoms with van der Waals surface area (Å²) in [6.07, 6.45) is 7.82. The van der Waals surface area contributed by atoms with Crippen LogP contribution in [0.3, 0.4) is 0 Å². The molecule has 1 fully saturated rings. The molecule has 0 amide bonds. The number of sulfone groups is 1. The minimum absolute atomic E-state index is 0.291. The summed E-state index contributed by atoms with van der Waals surface area (Å²) in [4.78, 5) is 4.45. The lowest BCUT2D eigenvalue weighted by Crippen LogP contribution is -2.21. The molecule has 4 nitrogen and oxygen atoms in total. The van der Waals surface area contributed by atoms with Gasteiger partial charge in [-0.25, -0.2) is 13.4 Å². The summed E-state index contributed by atoms with van der Waals surface area (Å²) in [7, 11) is -3.22. The van der Waals surface area contributed by atoms with Crippen molar-refractivity contribution in [2.45, 2.75) is 37.5 Å². The molecule has 1 aromatic rings. The second kappa shape index (κ2) is 5.90. The van der Waals surface area contributed by atoms with Crippen LogP contribution in [-0.2, 0) is 9.84 Å². The van der Waals surface area contributed by atoms with E-state index in [2.05, 4.69) is 17.2 Å². The monoisotopic (exact) mass is 282 g/mol. The van der Waals surface area contributed by atoms with Gasteiger partial charge < -0.3 is 5.32 Å². The van der Waals surface area contributed by atoms with Crippen molar-refractivity contribution < 1.29 is 8.42 Å². The molecule has 0 saturated heterocycles. The number of rotatable bonds is 4. The van der Waals surface area contributed by atoms with Gasteiger partial charge in [-0.2, -0.15) is 0 Å². The Balaban J connectivity index is 2.00. The number of pyridine rings is 1. The van der Waals surface area contributed by atoms with Crippen molar-refractivity contribution in [3.8, 4) is 0 Å². The van der Waals surface area contributed by atoms with Crippen LogP contribution < -0.4 is 5.32 Å². The Labute approximate surface area is 115 Å². The number of nitrogens with zero attached hydrogens (tertiary/aromatic N) is 1. The zero-order valence-corrected chi connectivity index (χ0v) is 12.4. The van der Waals surface area contributed by atoms with Crippen molar-refractivity contribution >= 4 is 15.7 Å². The standard InChI is InChI=1S/C14H22N2O2S/c1-11-5-7-12(8-6-11)10-16-14-13(19(2,17)18)4-3-9-15-14/h3-4,9,11-12H,5-8,10H2,1-2H3,(H,15,16). The first kappa shape index (κ1) is 14.3. The SMILES string of the molecule is CC1CCC(CNc2ncccc2S(C)(=O)=O)CC1. The maximum Gasteiger partial charge on any atom is 0.179 e. The average molecular weight is 282 g/mol. The van der Waals surface area contributed by atoms with Crippen molar-refractivity contribution in [2.24, 2.45) is 11.8 Å². The Morgan fingerprint density at radius 3 is 2.63 bits per heavy atom. The third-order valence-corrected chi connectivity index (χ3v) is 4.99. The summed E-state index contributed by atoms with van der Waals surface area (Å²) in [5, 5.41) is 3.21. The normalized spacial score (nSPS) is 24.1. The van der Waals surface area contributed by atoms with Crippen molar-refractivity contribution in [1.82, 2.24) is 4.98 Å². The van der Waals surface area contributed by atoms with Crippen LogP contribution in [-0.4, -0.2) is 26.2 Å². The molecule has 2 rings (SSSR count). The van der Waals surface area contributed by atoms with Gasteiger partial charge in [0.05, 0.1) is 0 Å². The lowest BCUT2D eigenvalue weighted by atomic mass is 9.83. The minimum Gasteiger partial charge on any atom is -0.369 e. The van der Waals surface area contributed by atoms with Crippen LogP contribution in [0.25, 0.3) is 0 Å². The fraction of sp³-hybridized carbons (Fsp3) is 0.643. The lowest BCUT2D eigenvalue weighted by molar-refractivity contribution is 0.300. The van der Waals surface area contributed by atoms with Crippen LogP contribution in [0, 0.1) is 11.8 Å². The smallest absolute Gasteiger partial charge is 0.179 e. The molecule has 0 aromatic carbocycles. The highest BCUT2D eigenvalue weighted by molar-refractivity contribution is 7.90. The van der Waals surface area contributed by atoms with Crippen LogP contribution in [0.2, 0.25) is 0 Å². The molecule has 5 heteroatoms. The molecule has 1 aromatic heterocycles. The van der Waals surface area contributed by atoms with Crippen molar-refractivity contribution in [3.63, 3.8) is 0 Å². The number of hydrogen-bond donors (Lipinski definition) is 1. The first-order chi connectivity index (χ1) is 8.97. The predicted octanol–water partition coefficient (Wildman–Crippen LogP) is 2.72. The van der Waals surface area contributed by atoms with Gasteiger partial charge in [0.2, 0.25) is 0 Å². The third kappa shape index (κ3) is 3.93. The fourth-order valence-corrected chi connectivity index (χ4v) is 3.40. The highest BCUT2D eigenvalue weighted by Crippen LogP contribution is 2.28. The molecule has 1 heterocycles. The van der Waals surface area contributed by atoms with Gasteiger partial charge in [-0.1, -0.05) is 19.8 Å². The molecular weight excluding hydrogens is 260 g/mol. The Hall–Kier alpha value is -1.10. The van der Waals surface area contributed by atoms with E-state index < -0.39 is 9.84 Å². The summed E-state index contributed by atoms with van der Waals surface area (Å²) < 4.78 is 23.3. The van der Waals surface area contributed by atoms with E-state index in [1.54, 1.807) is 18.3 Å². The van der Waals surface area contributed by atoms with Crippen molar-refractivity contribution in [2.75, 3.05) is 18.1 Å². The summed E-state index contributed by atoms with van der Waals surface area (Å²) in [6.45, 7) is 3.11. The topological polar surface area (TPSA) is 59.1 Å². The zero-order chi connectivity index (χ0) is 13.9. The lowest BCUT2D eigenvalue weighted by Gasteiger charge is -2.26. The Kier molecular flexibility index (Phi) is 4.45. The van der Waals surface area contributed by atoms with Crippen molar-refractivity contribution in [3.05, 3.63) is 18.3 Å². The zero-order valence-electron chi connectivity index (χ0n) is 11.6. The Morgan fingerprint density at radius 1 is 1.32 bits per heavy atom. The summed E-state index contributed by atoms with van der Waals surface area (Å²) >= 11 is 0. The summed E-state index contributed by atoms with van der Waals surface area (Å²) in [5.41, 5.74) is 0. The molecule has 0 aliphatic heterocycles. The van der Waals surface area contributed by atoms with Gasteiger partial charge in [0.1, 0.15) is 10.7 Å². The summed E-state index contributed by atoms with van der Waals surface area (Å²) in [6, 6.07) is 3.26. The molecule has 1 aliphatic rings. The highest BCUT2D eigenvalue weighted by Gasteiger charge is 2.19. The Bertz CT molecular complexity index is 520. The van der Waals surface area contributed by atoms with E-state index >= 15 is 0 Å². The summed E-state index contributed by atoms with van der Waals surface area (Å²) in [5.74, 6) is 1.95. The first-order valence-electron chi connectivity index (χ1n) is 6.85. The molecule has 106 valence electrons. The predicted molar refractivity (Wildman–Crippen MR) is 77.0 cm³/mol. The maximum absolute atomic E-state index is 11.7. The number of hydrogen-bond acceptors (Lipinski definition) is 4. The molecule has 0 unspecified atom stereocenters. The van der Waals surface area contributed by atoms with E-state index in [1.165, 1.54) is 31.9 Å². The molecule has 19 heavy (non-hydrogen) atoms. The molecular formula is C14H22N2O2S. The van der Waals surface area contributed by atoms with Gasteiger partial charge in [-0.3, -0.25) is 0 Å². The van der Waals surface area contributed by atoms with Crippen LogP contribution >= 0.6 is 0 Å². The van der Waals surface area contributed by atoms with E-state index in [-0.39, 0.29) is 0 Å². The van der Waals surface area contributed by atoms with Gasteiger partial charge in [0.25, 0.3) is 0 Å². The van der Waals surface area contributed by atoms with Crippen LogP contribution in [0.1, 0.15) is 32.6 Å². The fourth-order valence-electron chi connectivity index (χ4n) is 2.60. The molecule has 1 aliphatic carbocycles. The van der Waals surface area contributed by atoms with Crippen LogP contribution in [0.5, 0.6) is 0 Å². The van der Waals surface area contributed by atoms with E-state index in [4.69, 9.17) is 0 Å².